The third kappa shape index (κ3) is 2.49. The Bertz CT molecular complexity index is 1280. The van der Waals surface area contributed by atoms with Gasteiger partial charge in [0.1, 0.15) is 11.1 Å². The summed E-state index contributed by atoms with van der Waals surface area (Å²) in [5, 5.41) is 21.2. The highest BCUT2D eigenvalue weighted by Gasteiger charge is 2.74. The van der Waals surface area contributed by atoms with Gasteiger partial charge < -0.3 is 19.3 Å². The van der Waals surface area contributed by atoms with Crippen molar-refractivity contribution < 1.29 is 23.9 Å². The average Bonchev–Trinajstić information content (AvgIpc) is 3.12. The minimum atomic E-state index is -2.18. The second-order valence-corrected chi connectivity index (χ2v) is 7.79. The van der Waals surface area contributed by atoms with Crippen LogP contribution in [-0.2, 0) is 29.3 Å². The predicted molar refractivity (Wildman–Crippen MR) is 119 cm³/mol. The molecule has 3 aliphatic heterocycles. The van der Waals surface area contributed by atoms with Crippen molar-refractivity contribution in [1.29, 1.82) is 10.5 Å². The number of fused-ring (bicyclic) bond motifs is 3. The maximum Gasteiger partial charge on any atom is 0.355 e. The predicted octanol–water partition coefficient (Wildman–Crippen LogP) is 1.86. The molecule has 0 fully saturated rings. The molecule has 1 amide bonds. The number of nitriles is 2. The fourth-order valence-corrected chi connectivity index (χ4v) is 5.16. The van der Waals surface area contributed by atoms with E-state index in [-0.39, 0.29) is 17.8 Å². The van der Waals surface area contributed by atoms with Crippen LogP contribution in [0, 0.1) is 28.1 Å². The molecule has 0 saturated carbocycles. The summed E-state index contributed by atoms with van der Waals surface area (Å²) in [4.78, 5) is 43.5. The number of anilines is 1. The van der Waals surface area contributed by atoms with E-state index in [1.165, 1.54) is 22.1 Å². The zero-order valence-corrected chi connectivity index (χ0v) is 18.5. The van der Waals surface area contributed by atoms with Gasteiger partial charge in [-0.25, -0.2) is 9.59 Å². The van der Waals surface area contributed by atoms with Crippen molar-refractivity contribution >= 4 is 23.5 Å². The van der Waals surface area contributed by atoms with Crippen LogP contribution in [0.25, 0.3) is 0 Å². The Morgan fingerprint density at radius 2 is 1.82 bits per heavy atom. The molecule has 3 heterocycles. The summed E-state index contributed by atoms with van der Waals surface area (Å²) in [6.07, 6.45) is 7.71. The van der Waals surface area contributed by atoms with E-state index >= 15 is 0 Å². The Labute approximate surface area is 196 Å². The Hall–Kier alpha value is -4.63. The first-order valence-corrected chi connectivity index (χ1v) is 10.3. The molecule has 0 aliphatic carbocycles. The van der Waals surface area contributed by atoms with Gasteiger partial charge in [0.25, 0.3) is 0 Å². The lowest BCUT2D eigenvalue weighted by atomic mass is 9.52. The Balaban J connectivity index is 2.29. The van der Waals surface area contributed by atoms with Gasteiger partial charge in [-0.15, -0.1) is 6.58 Å². The molecule has 4 rings (SSSR count). The molecule has 9 nitrogen and oxygen atoms in total. The van der Waals surface area contributed by atoms with Crippen LogP contribution in [0.5, 0.6) is 0 Å². The normalized spacial score (nSPS) is 23.6. The summed E-state index contributed by atoms with van der Waals surface area (Å²) in [6.45, 7) is 3.76. The lowest BCUT2D eigenvalue weighted by molar-refractivity contribution is -0.144. The number of ether oxygens (including phenoxy) is 2. The van der Waals surface area contributed by atoms with Crippen molar-refractivity contribution in [2.24, 2.45) is 5.41 Å². The van der Waals surface area contributed by atoms with Gasteiger partial charge in [0.2, 0.25) is 5.91 Å². The largest absolute Gasteiger partial charge is 0.466 e. The first-order valence-electron chi connectivity index (χ1n) is 10.3. The molecule has 0 aromatic heterocycles. The summed E-state index contributed by atoms with van der Waals surface area (Å²) in [6, 6.07) is 9.61. The zero-order valence-electron chi connectivity index (χ0n) is 18.5. The molecule has 3 aliphatic rings. The van der Waals surface area contributed by atoms with Crippen LogP contribution >= 0.6 is 0 Å². The highest BCUT2D eigenvalue weighted by molar-refractivity contribution is 6.19. The molecular formula is C25H20N4O5. The van der Waals surface area contributed by atoms with Crippen LogP contribution in [0.1, 0.15) is 5.56 Å². The van der Waals surface area contributed by atoms with E-state index in [0.29, 0.717) is 5.69 Å². The summed E-state index contributed by atoms with van der Waals surface area (Å²) >= 11 is 0. The maximum atomic E-state index is 14.3. The zero-order chi connectivity index (χ0) is 24.7. The van der Waals surface area contributed by atoms with Gasteiger partial charge in [0.15, 0.2) is 5.41 Å². The Morgan fingerprint density at radius 3 is 2.44 bits per heavy atom. The number of esters is 2. The molecule has 0 N–H and O–H groups in total. The van der Waals surface area contributed by atoms with E-state index in [4.69, 9.17) is 9.47 Å². The summed E-state index contributed by atoms with van der Waals surface area (Å²) in [5.74, 6) is -2.65. The van der Waals surface area contributed by atoms with Crippen molar-refractivity contribution in [3.8, 4) is 12.1 Å². The van der Waals surface area contributed by atoms with E-state index < -0.39 is 40.3 Å². The van der Waals surface area contributed by atoms with E-state index in [9.17, 15) is 24.9 Å². The third-order valence-electron chi connectivity index (χ3n) is 6.45. The Morgan fingerprint density at radius 1 is 1.15 bits per heavy atom. The minimum Gasteiger partial charge on any atom is -0.466 e. The van der Waals surface area contributed by atoms with Crippen LogP contribution < -0.4 is 4.90 Å². The van der Waals surface area contributed by atoms with Crippen LogP contribution in [0.15, 0.2) is 72.6 Å². The quantitative estimate of drug-likeness (QED) is 0.497. The number of benzene rings is 1. The minimum absolute atomic E-state index is 0.0522. The van der Waals surface area contributed by atoms with E-state index in [1.807, 2.05) is 0 Å². The number of methoxy groups -OCH3 is 2. The second-order valence-electron chi connectivity index (χ2n) is 7.79. The third-order valence-corrected chi connectivity index (χ3v) is 6.45. The van der Waals surface area contributed by atoms with Crippen molar-refractivity contribution in [2.45, 2.75) is 11.5 Å². The first kappa shape index (κ1) is 22.6. The van der Waals surface area contributed by atoms with E-state index in [2.05, 4.69) is 18.7 Å². The molecule has 9 heteroatoms. The molecule has 1 aromatic carbocycles. The number of allylic oxidation sites excluding steroid dienone is 2. The molecule has 0 bridgehead atoms. The number of amides is 1. The van der Waals surface area contributed by atoms with Gasteiger partial charge >= 0.3 is 11.9 Å². The monoisotopic (exact) mass is 456 g/mol. The molecule has 0 unspecified atom stereocenters. The molecule has 0 saturated heterocycles. The maximum absolute atomic E-state index is 14.3. The smallest absolute Gasteiger partial charge is 0.355 e. The molecule has 1 aromatic rings. The molecule has 34 heavy (non-hydrogen) atoms. The van der Waals surface area contributed by atoms with Gasteiger partial charge in [-0.3, -0.25) is 4.79 Å². The lowest BCUT2D eigenvalue weighted by Crippen LogP contribution is -2.66. The number of rotatable bonds is 4. The number of carbonyl (C=O) groups excluding carboxylic acids is 3. The SMILES string of the molecule is C=CCN1C(=O)[C@]2(C(C(=O)OC)=C(C(=O)OC)N3C=CC=C[C@@H]3C2(C#N)C#N)c2ccccc21. The van der Waals surface area contributed by atoms with Gasteiger partial charge in [-0.1, -0.05) is 36.4 Å². The topological polar surface area (TPSA) is 124 Å². The number of hydrogen-bond acceptors (Lipinski definition) is 8. The molecule has 0 radical (unpaired) electrons. The van der Waals surface area contributed by atoms with Crippen molar-refractivity contribution in [3.05, 3.63) is 78.2 Å². The van der Waals surface area contributed by atoms with Crippen molar-refractivity contribution in [1.82, 2.24) is 4.90 Å². The second kappa shape index (κ2) is 8.05. The van der Waals surface area contributed by atoms with Gasteiger partial charge in [0, 0.05) is 18.4 Å². The van der Waals surface area contributed by atoms with Gasteiger partial charge in [-0.05, 0) is 17.7 Å². The lowest BCUT2D eigenvalue weighted by Gasteiger charge is -2.51. The van der Waals surface area contributed by atoms with Gasteiger partial charge in [0.05, 0.1) is 38.0 Å². The standard InChI is InChI=1S/C25H20N4O5/c1-4-12-28-17-10-6-5-9-16(17)25(23(28)32)19(21(30)33-2)20(22(31)34-3)29-13-8-7-11-18(29)24(25,14-26)15-27/h4-11,13,18H,1,12H2,2-3H3/t18-,25-/m1/s1. The van der Waals surface area contributed by atoms with Crippen LogP contribution in [0.3, 0.4) is 0 Å². The van der Waals surface area contributed by atoms with E-state index in [0.717, 1.165) is 14.2 Å². The summed E-state index contributed by atoms with van der Waals surface area (Å²) in [7, 11) is 2.24. The van der Waals surface area contributed by atoms with Crippen molar-refractivity contribution in [3.63, 3.8) is 0 Å². The number of nitrogens with zero attached hydrogens (tertiary/aromatic N) is 4. The van der Waals surface area contributed by atoms with Crippen LogP contribution in [0.4, 0.5) is 5.69 Å². The van der Waals surface area contributed by atoms with E-state index in [1.54, 1.807) is 42.5 Å². The number of carbonyl (C=O) groups is 3. The highest BCUT2D eigenvalue weighted by atomic mass is 16.5. The van der Waals surface area contributed by atoms with Crippen LogP contribution in [-0.4, -0.2) is 49.6 Å². The first-order chi connectivity index (χ1) is 16.4. The summed E-state index contributed by atoms with van der Waals surface area (Å²) < 4.78 is 10.0. The molecule has 2 atom stereocenters. The number of hydrogen-bond donors (Lipinski definition) is 0. The van der Waals surface area contributed by atoms with Crippen molar-refractivity contribution in [2.75, 3.05) is 25.7 Å². The Kier molecular flexibility index (Phi) is 5.34. The van der Waals surface area contributed by atoms with Crippen LogP contribution in [0.2, 0.25) is 0 Å². The molecule has 170 valence electrons. The number of para-hydroxylation sites is 1. The highest BCUT2D eigenvalue weighted by Crippen LogP contribution is 2.62. The molecule has 1 spiro atoms. The average molecular weight is 456 g/mol. The fraction of sp³-hybridized carbons (Fsp3) is 0.240. The molecular weight excluding hydrogens is 436 g/mol. The summed E-state index contributed by atoms with van der Waals surface area (Å²) in [5.41, 5.74) is -4.39. The fourth-order valence-electron chi connectivity index (χ4n) is 5.16. The van der Waals surface area contributed by atoms with Gasteiger partial charge in [-0.2, -0.15) is 10.5 Å².